The second-order valence-corrected chi connectivity index (χ2v) is 6.35. The molecule has 0 aliphatic carbocycles. The van der Waals surface area contributed by atoms with E-state index in [0.717, 1.165) is 11.8 Å². The van der Waals surface area contributed by atoms with E-state index in [1.165, 1.54) is 37.4 Å². The Morgan fingerprint density at radius 3 is 1.79 bits per heavy atom. The predicted molar refractivity (Wildman–Crippen MR) is 88.4 cm³/mol. The summed E-state index contributed by atoms with van der Waals surface area (Å²) < 4.78 is 63.5. The number of rotatable bonds is 1. The van der Waals surface area contributed by atoms with E-state index in [0.29, 0.717) is 0 Å². The molecular weight excluding hydrogens is 412 g/mol. The molecule has 13 heteroatoms. The SMILES string of the molecule is Cc1cnccc1N1CC2CNCC2C1.O=C(O)C(F)(F)F.O=C(O)C(F)(F)F. The van der Waals surface area contributed by atoms with Gasteiger partial charge in [-0.1, -0.05) is 0 Å². The molecule has 0 radical (unpaired) electrons. The van der Waals surface area contributed by atoms with Gasteiger partial charge in [-0.2, -0.15) is 26.3 Å². The highest BCUT2D eigenvalue weighted by Gasteiger charge is 2.39. The Bertz CT molecular complexity index is 675. The summed E-state index contributed by atoms with van der Waals surface area (Å²) in [5.41, 5.74) is 2.67. The molecule has 2 aliphatic rings. The second kappa shape index (κ2) is 9.76. The van der Waals surface area contributed by atoms with Gasteiger partial charge in [0, 0.05) is 44.3 Å². The Kier molecular flexibility index (Phi) is 8.24. The Balaban J connectivity index is 0.000000255. The molecule has 2 saturated heterocycles. The third kappa shape index (κ3) is 7.75. The number of hydrogen-bond acceptors (Lipinski definition) is 5. The van der Waals surface area contributed by atoms with E-state index < -0.39 is 24.3 Å². The van der Waals surface area contributed by atoms with Crippen molar-refractivity contribution in [2.24, 2.45) is 11.8 Å². The number of aryl methyl sites for hydroxylation is 1. The van der Waals surface area contributed by atoms with Crippen LogP contribution in [0.1, 0.15) is 5.56 Å². The Morgan fingerprint density at radius 1 is 1.03 bits per heavy atom. The number of nitrogens with one attached hydrogen (secondary N) is 1. The lowest BCUT2D eigenvalue weighted by molar-refractivity contribution is -0.193. The van der Waals surface area contributed by atoms with Gasteiger partial charge in [0.15, 0.2) is 0 Å². The molecule has 3 N–H and O–H groups in total. The normalized spacial score (nSPS) is 20.7. The monoisotopic (exact) mass is 431 g/mol. The molecule has 2 fully saturated rings. The van der Waals surface area contributed by atoms with E-state index in [1.807, 2.05) is 12.4 Å². The molecule has 0 bridgehead atoms. The van der Waals surface area contributed by atoms with Crippen LogP contribution >= 0.6 is 0 Å². The van der Waals surface area contributed by atoms with Gasteiger partial charge >= 0.3 is 24.3 Å². The number of aromatic nitrogens is 1. The third-order valence-electron chi connectivity index (χ3n) is 4.21. The summed E-state index contributed by atoms with van der Waals surface area (Å²) in [6.45, 7) is 6.97. The number of halogens is 6. The average Bonchev–Trinajstić information content (AvgIpc) is 3.16. The zero-order valence-electron chi connectivity index (χ0n) is 15.1. The van der Waals surface area contributed by atoms with E-state index in [2.05, 4.69) is 28.2 Å². The summed E-state index contributed by atoms with van der Waals surface area (Å²) >= 11 is 0. The fraction of sp³-hybridized carbons (Fsp3) is 0.562. The molecule has 0 saturated carbocycles. The summed E-state index contributed by atoms with van der Waals surface area (Å²) in [7, 11) is 0. The van der Waals surface area contributed by atoms with Gasteiger partial charge in [-0.05, 0) is 30.4 Å². The molecule has 2 atom stereocenters. The number of carboxylic acids is 2. The molecule has 164 valence electrons. The van der Waals surface area contributed by atoms with Crippen LogP contribution < -0.4 is 10.2 Å². The Hall–Kier alpha value is -2.57. The van der Waals surface area contributed by atoms with Gasteiger partial charge in [0.05, 0.1) is 0 Å². The first-order chi connectivity index (χ1) is 13.2. The van der Waals surface area contributed by atoms with Crippen LogP contribution in [0.25, 0.3) is 0 Å². The summed E-state index contributed by atoms with van der Waals surface area (Å²) in [6.07, 6.45) is -6.31. The first kappa shape index (κ1) is 24.5. The van der Waals surface area contributed by atoms with Crippen LogP contribution in [0.3, 0.4) is 0 Å². The van der Waals surface area contributed by atoms with Crippen molar-refractivity contribution in [1.82, 2.24) is 10.3 Å². The summed E-state index contributed by atoms with van der Waals surface area (Å²) in [4.78, 5) is 24.5. The lowest BCUT2D eigenvalue weighted by Gasteiger charge is -2.21. The zero-order valence-corrected chi connectivity index (χ0v) is 15.1. The first-order valence-electron chi connectivity index (χ1n) is 8.20. The van der Waals surface area contributed by atoms with Gasteiger partial charge in [0.1, 0.15) is 0 Å². The van der Waals surface area contributed by atoms with Crippen LogP contribution in [0.5, 0.6) is 0 Å². The fourth-order valence-electron chi connectivity index (χ4n) is 2.87. The minimum atomic E-state index is -5.08. The number of aliphatic carboxylic acids is 2. The van der Waals surface area contributed by atoms with Crippen LogP contribution in [0.4, 0.5) is 32.0 Å². The molecule has 0 aromatic carbocycles. The first-order valence-corrected chi connectivity index (χ1v) is 8.20. The smallest absolute Gasteiger partial charge is 0.475 e. The van der Waals surface area contributed by atoms with Crippen molar-refractivity contribution < 1.29 is 46.1 Å². The van der Waals surface area contributed by atoms with Gasteiger partial charge in [-0.25, -0.2) is 9.59 Å². The van der Waals surface area contributed by atoms with Gasteiger partial charge in [-0.15, -0.1) is 0 Å². The van der Waals surface area contributed by atoms with Gasteiger partial charge in [0.25, 0.3) is 0 Å². The van der Waals surface area contributed by atoms with Gasteiger partial charge < -0.3 is 20.4 Å². The highest BCUT2D eigenvalue weighted by molar-refractivity contribution is 5.73. The lowest BCUT2D eigenvalue weighted by atomic mass is 10.0. The van der Waals surface area contributed by atoms with Crippen LogP contribution in [0, 0.1) is 18.8 Å². The number of carboxylic acid groups (broad SMARTS) is 2. The molecule has 2 unspecified atom stereocenters. The average molecular weight is 431 g/mol. The van der Waals surface area contributed by atoms with Crippen molar-refractivity contribution >= 4 is 17.6 Å². The van der Waals surface area contributed by atoms with Gasteiger partial charge in [-0.3, -0.25) is 4.98 Å². The number of anilines is 1. The minimum absolute atomic E-state index is 0.859. The molecule has 1 aromatic rings. The quantitative estimate of drug-likeness (QED) is 0.587. The highest BCUT2D eigenvalue weighted by Crippen LogP contribution is 2.31. The Labute approximate surface area is 161 Å². The maximum absolute atomic E-state index is 10.6. The molecule has 2 aliphatic heterocycles. The number of alkyl halides is 6. The predicted octanol–water partition coefficient (Wildman–Crippen LogP) is 2.31. The van der Waals surface area contributed by atoms with E-state index >= 15 is 0 Å². The molecule has 1 aromatic heterocycles. The Morgan fingerprint density at radius 2 is 1.45 bits per heavy atom. The zero-order chi connectivity index (χ0) is 22.4. The molecule has 29 heavy (non-hydrogen) atoms. The maximum atomic E-state index is 10.6. The standard InChI is InChI=1S/C12H17N3.2C2HF3O2/c1-9-4-13-3-2-12(9)15-7-10-5-14-6-11(10)8-15;2*3-2(4,5)1(6)7/h2-4,10-11,14H,5-8H2,1H3;2*(H,6,7). The molecular formula is C16H19F6N3O4. The molecule has 3 heterocycles. The maximum Gasteiger partial charge on any atom is 0.490 e. The van der Waals surface area contributed by atoms with Crippen LogP contribution in [0.2, 0.25) is 0 Å². The number of pyridine rings is 1. The van der Waals surface area contributed by atoms with Crippen molar-refractivity contribution in [2.75, 3.05) is 31.1 Å². The van der Waals surface area contributed by atoms with Gasteiger partial charge in [0.2, 0.25) is 0 Å². The van der Waals surface area contributed by atoms with Crippen molar-refractivity contribution in [3.05, 3.63) is 24.0 Å². The van der Waals surface area contributed by atoms with E-state index in [-0.39, 0.29) is 0 Å². The van der Waals surface area contributed by atoms with Crippen LogP contribution in [-0.2, 0) is 9.59 Å². The van der Waals surface area contributed by atoms with E-state index in [9.17, 15) is 26.3 Å². The van der Waals surface area contributed by atoms with Crippen LogP contribution in [-0.4, -0.2) is 65.7 Å². The number of nitrogens with zero attached hydrogens (tertiary/aromatic N) is 2. The number of fused-ring (bicyclic) bond motifs is 1. The third-order valence-corrected chi connectivity index (χ3v) is 4.21. The molecule has 7 nitrogen and oxygen atoms in total. The summed E-state index contributed by atoms with van der Waals surface area (Å²) in [5.74, 6) is -3.80. The van der Waals surface area contributed by atoms with E-state index in [4.69, 9.17) is 19.8 Å². The fourth-order valence-corrected chi connectivity index (χ4v) is 2.87. The van der Waals surface area contributed by atoms with Crippen LogP contribution in [0.15, 0.2) is 18.5 Å². The van der Waals surface area contributed by atoms with Crippen molar-refractivity contribution in [3.63, 3.8) is 0 Å². The number of hydrogen-bond donors (Lipinski definition) is 3. The van der Waals surface area contributed by atoms with Crippen molar-refractivity contribution in [2.45, 2.75) is 19.3 Å². The minimum Gasteiger partial charge on any atom is -0.475 e. The largest absolute Gasteiger partial charge is 0.490 e. The second-order valence-electron chi connectivity index (χ2n) is 6.35. The van der Waals surface area contributed by atoms with Crippen molar-refractivity contribution in [1.29, 1.82) is 0 Å². The van der Waals surface area contributed by atoms with Crippen molar-refractivity contribution in [3.8, 4) is 0 Å². The molecule has 0 amide bonds. The molecule has 0 spiro atoms. The summed E-state index contributed by atoms with van der Waals surface area (Å²) in [5, 5.41) is 17.7. The molecule has 3 rings (SSSR count). The lowest BCUT2D eigenvalue weighted by Crippen LogP contribution is -2.25. The number of carbonyl (C=O) groups is 2. The summed E-state index contributed by atoms with van der Waals surface area (Å²) in [6, 6.07) is 2.14. The van der Waals surface area contributed by atoms with E-state index in [1.54, 1.807) is 0 Å². The highest BCUT2D eigenvalue weighted by atomic mass is 19.4. The topological polar surface area (TPSA) is 103 Å².